The van der Waals surface area contributed by atoms with Crippen LogP contribution in [0.5, 0.6) is 0 Å². The van der Waals surface area contributed by atoms with Crippen LogP contribution in [0.15, 0.2) is 0 Å². The van der Waals surface area contributed by atoms with Crippen molar-refractivity contribution in [1.29, 1.82) is 0 Å². The summed E-state index contributed by atoms with van der Waals surface area (Å²) in [7, 11) is 0. The molecular weight excluding hydrogens is 100 g/mol. The Labute approximate surface area is 51.5 Å². The van der Waals surface area contributed by atoms with E-state index in [0.717, 1.165) is 19.4 Å². The van der Waals surface area contributed by atoms with Gasteiger partial charge in [0.05, 0.1) is 6.17 Å². The normalized spacial score (nSPS) is 13.9. The molecule has 0 fully saturated rings. The van der Waals surface area contributed by atoms with Crippen LogP contribution >= 0.6 is 0 Å². The van der Waals surface area contributed by atoms with Gasteiger partial charge in [0, 0.05) is 0 Å². The molecule has 1 unspecified atom stereocenters. The molecule has 0 amide bonds. The molecular formula is C6H16N2. The number of nitrogens with one attached hydrogen (secondary N) is 1. The molecule has 50 valence electrons. The van der Waals surface area contributed by atoms with Crippen molar-refractivity contribution in [3.8, 4) is 0 Å². The van der Waals surface area contributed by atoms with E-state index in [4.69, 9.17) is 5.73 Å². The summed E-state index contributed by atoms with van der Waals surface area (Å²) >= 11 is 0. The van der Waals surface area contributed by atoms with Crippen molar-refractivity contribution in [2.45, 2.75) is 32.9 Å². The molecule has 1 atom stereocenters. The lowest BCUT2D eigenvalue weighted by Gasteiger charge is -2.08. The molecule has 0 aromatic heterocycles. The first-order valence-electron chi connectivity index (χ1n) is 3.30. The summed E-state index contributed by atoms with van der Waals surface area (Å²) in [5.41, 5.74) is 5.55. The maximum atomic E-state index is 5.55. The zero-order valence-electron chi connectivity index (χ0n) is 5.78. The molecule has 0 radical (unpaired) electrons. The van der Waals surface area contributed by atoms with Crippen molar-refractivity contribution in [2.24, 2.45) is 5.73 Å². The van der Waals surface area contributed by atoms with E-state index in [1.807, 2.05) is 0 Å². The molecule has 2 nitrogen and oxygen atoms in total. The monoisotopic (exact) mass is 116 g/mol. The third-order valence-electron chi connectivity index (χ3n) is 1.10. The van der Waals surface area contributed by atoms with E-state index in [-0.39, 0.29) is 6.17 Å². The fourth-order valence-electron chi connectivity index (χ4n) is 0.474. The first kappa shape index (κ1) is 7.92. The van der Waals surface area contributed by atoms with E-state index in [9.17, 15) is 0 Å². The second-order valence-corrected chi connectivity index (χ2v) is 1.97. The SMILES string of the molecule is CCCNC(N)CC. The van der Waals surface area contributed by atoms with Crippen LogP contribution in [-0.4, -0.2) is 12.7 Å². The van der Waals surface area contributed by atoms with Crippen LogP contribution in [0.25, 0.3) is 0 Å². The lowest BCUT2D eigenvalue weighted by molar-refractivity contribution is 0.513. The molecule has 0 spiro atoms. The van der Waals surface area contributed by atoms with Gasteiger partial charge in [-0.25, -0.2) is 0 Å². The van der Waals surface area contributed by atoms with Crippen LogP contribution < -0.4 is 11.1 Å². The highest BCUT2D eigenvalue weighted by molar-refractivity contribution is 4.52. The second-order valence-electron chi connectivity index (χ2n) is 1.97. The standard InChI is InChI=1S/C6H16N2/c1-3-5-8-6(7)4-2/h6,8H,3-5,7H2,1-2H3. The van der Waals surface area contributed by atoms with Crippen molar-refractivity contribution in [3.63, 3.8) is 0 Å². The van der Waals surface area contributed by atoms with Crippen molar-refractivity contribution in [1.82, 2.24) is 5.32 Å². The first-order chi connectivity index (χ1) is 3.81. The molecule has 2 heteroatoms. The maximum Gasteiger partial charge on any atom is 0.0543 e. The van der Waals surface area contributed by atoms with Gasteiger partial charge in [0.2, 0.25) is 0 Å². The van der Waals surface area contributed by atoms with E-state index in [1.165, 1.54) is 0 Å². The summed E-state index contributed by atoms with van der Waals surface area (Å²) in [6, 6.07) is 0. The van der Waals surface area contributed by atoms with Crippen LogP contribution in [-0.2, 0) is 0 Å². The molecule has 0 aromatic rings. The van der Waals surface area contributed by atoms with E-state index >= 15 is 0 Å². The van der Waals surface area contributed by atoms with Crippen LogP contribution in [0, 0.1) is 0 Å². The zero-order chi connectivity index (χ0) is 6.41. The molecule has 3 N–H and O–H groups in total. The van der Waals surface area contributed by atoms with Gasteiger partial charge in [0.15, 0.2) is 0 Å². The molecule has 0 rings (SSSR count). The van der Waals surface area contributed by atoms with Crippen LogP contribution in [0.1, 0.15) is 26.7 Å². The molecule has 8 heavy (non-hydrogen) atoms. The number of hydrogen-bond donors (Lipinski definition) is 2. The lowest BCUT2D eigenvalue weighted by Crippen LogP contribution is -2.36. The van der Waals surface area contributed by atoms with Gasteiger partial charge < -0.3 is 11.1 Å². The Morgan fingerprint density at radius 3 is 2.50 bits per heavy atom. The predicted octanol–water partition coefficient (Wildman–Crippen LogP) is 0.681. The summed E-state index contributed by atoms with van der Waals surface area (Å²) in [6.07, 6.45) is 2.38. The van der Waals surface area contributed by atoms with E-state index < -0.39 is 0 Å². The summed E-state index contributed by atoms with van der Waals surface area (Å²) in [4.78, 5) is 0. The minimum absolute atomic E-state index is 0.204. The van der Waals surface area contributed by atoms with E-state index in [1.54, 1.807) is 0 Å². The Morgan fingerprint density at radius 2 is 2.12 bits per heavy atom. The molecule has 0 aliphatic heterocycles. The second kappa shape index (κ2) is 5.06. The fraction of sp³-hybridized carbons (Fsp3) is 1.00. The largest absolute Gasteiger partial charge is 0.316 e. The average molecular weight is 116 g/mol. The third kappa shape index (κ3) is 4.09. The molecule has 0 aliphatic rings. The molecule has 0 aromatic carbocycles. The quantitative estimate of drug-likeness (QED) is 0.530. The van der Waals surface area contributed by atoms with Gasteiger partial charge >= 0.3 is 0 Å². The number of rotatable bonds is 4. The number of hydrogen-bond acceptors (Lipinski definition) is 2. The topological polar surface area (TPSA) is 38.0 Å². The van der Waals surface area contributed by atoms with E-state index in [0.29, 0.717) is 0 Å². The van der Waals surface area contributed by atoms with E-state index in [2.05, 4.69) is 19.2 Å². The third-order valence-corrected chi connectivity index (χ3v) is 1.10. The van der Waals surface area contributed by atoms with Crippen molar-refractivity contribution in [2.75, 3.05) is 6.54 Å². The van der Waals surface area contributed by atoms with Crippen molar-refractivity contribution >= 4 is 0 Å². The fourth-order valence-corrected chi connectivity index (χ4v) is 0.474. The van der Waals surface area contributed by atoms with Gasteiger partial charge in [-0.1, -0.05) is 13.8 Å². The average Bonchev–Trinajstić information content (AvgIpc) is 1.83. The maximum absolute atomic E-state index is 5.55. The minimum Gasteiger partial charge on any atom is -0.316 e. The van der Waals surface area contributed by atoms with Crippen molar-refractivity contribution < 1.29 is 0 Å². The van der Waals surface area contributed by atoms with Gasteiger partial charge in [0.25, 0.3) is 0 Å². The van der Waals surface area contributed by atoms with Gasteiger partial charge in [0.1, 0.15) is 0 Å². The molecule has 0 aliphatic carbocycles. The van der Waals surface area contributed by atoms with Crippen LogP contribution in [0.4, 0.5) is 0 Å². The Kier molecular flexibility index (Phi) is 5.01. The summed E-state index contributed by atoms with van der Waals surface area (Å²) in [5, 5.41) is 3.16. The predicted molar refractivity (Wildman–Crippen MR) is 36.6 cm³/mol. The lowest BCUT2D eigenvalue weighted by atomic mass is 10.4. The smallest absolute Gasteiger partial charge is 0.0543 e. The Balaban J connectivity index is 2.86. The van der Waals surface area contributed by atoms with Gasteiger partial charge in [-0.2, -0.15) is 0 Å². The molecule has 0 bridgehead atoms. The highest BCUT2D eigenvalue weighted by Crippen LogP contribution is 1.79. The van der Waals surface area contributed by atoms with Crippen molar-refractivity contribution in [3.05, 3.63) is 0 Å². The summed E-state index contributed by atoms with van der Waals surface area (Å²) in [5.74, 6) is 0. The highest BCUT2D eigenvalue weighted by atomic mass is 15.0. The number of nitrogens with two attached hydrogens (primary N) is 1. The summed E-state index contributed by atoms with van der Waals surface area (Å²) < 4.78 is 0. The van der Waals surface area contributed by atoms with Gasteiger partial charge in [-0.3, -0.25) is 0 Å². The minimum atomic E-state index is 0.204. The molecule has 0 heterocycles. The summed E-state index contributed by atoms with van der Waals surface area (Å²) in [6.45, 7) is 5.25. The molecule has 0 saturated carbocycles. The Bertz CT molecular complexity index is 45.8. The Morgan fingerprint density at radius 1 is 1.50 bits per heavy atom. The Hall–Kier alpha value is -0.0800. The van der Waals surface area contributed by atoms with Gasteiger partial charge in [-0.15, -0.1) is 0 Å². The highest BCUT2D eigenvalue weighted by Gasteiger charge is 1.92. The van der Waals surface area contributed by atoms with Crippen LogP contribution in [0.3, 0.4) is 0 Å². The van der Waals surface area contributed by atoms with Gasteiger partial charge in [-0.05, 0) is 19.4 Å². The first-order valence-corrected chi connectivity index (χ1v) is 3.30. The zero-order valence-corrected chi connectivity index (χ0v) is 5.78. The van der Waals surface area contributed by atoms with Crippen LogP contribution in [0.2, 0.25) is 0 Å². The molecule has 0 saturated heterocycles.